The maximum absolute atomic E-state index is 10.9. The Hall–Kier alpha value is -6.08. The molecule has 6 nitrogen and oxygen atoms in total. The molecule has 294 valence electrons. The number of aliphatic hydroxyl groups excluding tert-OH is 2. The lowest BCUT2D eigenvalue weighted by molar-refractivity contribution is 0.192. The van der Waals surface area contributed by atoms with E-state index in [4.69, 9.17) is 20.5 Å². The van der Waals surface area contributed by atoms with Gasteiger partial charge in [-0.15, -0.1) is 0 Å². The van der Waals surface area contributed by atoms with Crippen LogP contribution < -0.4 is 0 Å². The van der Waals surface area contributed by atoms with Crippen molar-refractivity contribution in [3.63, 3.8) is 0 Å². The summed E-state index contributed by atoms with van der Waals surface area (Å²) in [5, 5.41) is 27.1. The van der Waals surface area contributed by atoms with E-state index in [1.165, 1.54) is 0 Å². The van der Waals surface area contributed by atoms with Gasteiger partial charge < -0.3 is 15.6 Å². The number of hydrogen-bond acceptors (Lipinski definition) is 6. The van der Waals surface area contributed by atoms with Crippen LogP contribution >= 0.6 is 0 Å². The van der Waals surface area contributed by atoms with E-state index in [9.17, 15) is 5.11 Å². The normalized spacial score (nSPS) is 11.5. The SMILES string of the molecule is CC.CCC(=Nc1ccccc1N=C(CC(O)CC=Nc1ccccc1C)c1ccccc1)c1ccccc1.N=C(CCCO)c1ccccc1.c1ccccc1. The van der Waals surface area contributed by atoms with Gasteiger partial charge in [0.2, 0.25) is 0 Å². The van der Waals surface area contributed by atoms with Crippen molar-refractivity contribution in [2.45, 2.75) is 65.9 Å². The number of hydrogen-bond donors (Lipinski definition) is 3. The third-order valence-corrected chi connectivity index (χ3v) is 8.47. The number of nitrogens with one attached hydrogen (secondary N) is 1. The van der Waals surface area contributed by atoms with E-state index < -0.39 is 6.10 Å². The van der Waals surface area contributed by atoms with Crippen molar-refractivity contribution in [2.24, 2.45) is 15.0 Å². The predicted octanol–water partition coefficient (Wildman–Crippen LogP) is 12.7. The summed E-state index contributed by atoms with van der Waals surface area (Å²) in [5.41, 5.74) is 9.09. The van der Waals surface area contributed by atoms with Crippen LogP contribution in [-0.2, 0) is 0 Å². The van der Waals surface area contributed by atoms with Crippen LogP contribution in [0.4, 0.5) is 17.1 Å². The standard InChI is InChI=1S/C33H33N3O.C10H13NO.C6H6.C2H6/c1-3-29(26-15-6-4-7-16-26)35-31-20-12-13-21-32(31)36-33(27-17-8-5-9-18-27)24-28(37)22-23-34-30-19-11-10-14-25(30)2;11-10(7-4-8-12)9-5-2-1-3-6-9;1-2-4-6-5-3-1;1-2/h4-21,23,28,37H,3,22,24H2,1-2H3;1-3,5-6,11-12H,4,7-8H2;1-6H;1-2H3. The van der Waals surface area contributed by atoms with Gasteiger partial charge in [-0.2, -0.15) is 0 Å². The van der Waals surface area contributed by atoms with Crippen LogP contribution in [0.1, 0.15) is 75.1 Å². The quantitative estimate of drug-likeness (QED) is 0.0963. The van der Waals surface area contributed by atoms with Crippen molar-refractivity contribution < 1.29 is 10.2 Å². The Labute approximate surface area is 340 Å². The smallest absolute Gasteiger partial charge is 0.0889 e. The molecule has 0 radical (unpaired) electrons. The maximum Gasteiger partial charge on any atom is 0.0889 e. The molecule has 6 rings (SSSR count). The molecule has 6 aromatic carbocycles. The minimum atomic E-state index is -0.613. The van der Waals surface area contributed by atoms with Crippen LogP contribution in [0.15, 0.2) is 191 Å². The summed E-state index contributed by atoms with van der Waals surface area (Å²) in [6.07, 6.45) is 4.16. The van der Waals surface area contributed by atoms with Crippen molar-refractivity contribution >= 4 is 40.4 Å². The summed E-state index contributed by atoms with van der Waals surface area (Å²) < 4.78 is 0. The number of rotatable bonds is 14. The summed E-state index contributed by atoms with van der Waals surface area (Å²) in [4.78, 5) is 14.6. The molecule has 0 saturated carbocycles. The molecular weight excluding hydrogens is 701 g/mol. The lowest BCUT2D eigenvalue weighted by Gasteiger charge is -2.13. The minimum absolute atomic E-state index is 0.162. The first-order valence-electron chi connectivity index (χ1n) is 19.8. The molecule has 0 aromatic heterocycles. The van der Waals surface area contributed by atoms with E-state index in [0.717, 1.165) is 57.2 Å². The van der Waals surface area contributed by atoms with E-state index in [2.05, 4.69) is 24.0 Å². The summed E-state index contributed by atoms with van der Waals surface area (Å²) >= 11 is 0. The molecule has 57 heavy (non-hydrogen) atoms. The van der Waals surface area contributed by atoms with E-state index in [1.54, 1.807) is 6.21 Å². The third kappa shape index (κ3) is 17.1. The fourth-order valence-electron chi connectivity index (χ4n) is 5.49. The fraction of sp³-hybridized carbons (Fsp3) is 0.216. The van der Waals surface area contributed by atoms with Gasteiger partial charge in [0.05, 0.1) is 28.9 Å². The molecule has 0 heterocycles. The van der Waals surface area contributed by atoms with Gasteiger partial charge in [-0.05, 0) is 66.6 Å². The third-order valence-electron chi connectivity index (χ3n) is 8.47. The van der Waals surface area contributed by atoms with Crippen LogP contribution in [0.2, 0.25) is 0 Å². The zero-order valence-electron chi connectivity index (χ0n) is 33.9. The molecule has 1 unspecified atom stereocenters. The van der Waals surface area contributed by atoms with Crippen molar-refractivity contribution in [1.29, 1.82) is 5.41 Å². The van der Waals surface area contributed by atoms with Gasteiger partial charge in [-0.1, -0.05) is 178 Å². The van der Waals surface area contributed by atoms with Gasteiger partial charge in [0.25, 0.3) is 0 Å². The van der Waals surface area contributed by atoms with Gasteiger partial charge in [-0.3, -0.25) is 15.0 Å². The maximum atomic E-state index is 10.9. The zero-order valence-corrected chi connectivity index (χ0v) is 33.9. The van der Waals surface area contributed by atoms with Crippen LogP contribution in [0.3, 0.4) is 0 Å². The van der Waals surface area contributed by atoms with Crippen molar-refractivity contribution in [2.75, 3.05) is 6.61 Å². The number of aryl methyl sites for hydroxylation is 1. The highest BCUT2D eigenvalue weighted by Crippen LogP contribution is 2.30. The highest BCUT2D eigenvalue weighted by Gasteiger charge is 2.13. The molecule has 0 bridgehead atoms. The number of aliphatic hydroxyl groups is 2. The summed E-state index contributed by atoms with van der Waals surface area (Å²) in [5.74, 6) is 0. The summed E-state index contributed by atoms with van der Waals surface area (Å²) in [6.45, 7) is 8.31. The second-order valence-corrected chi connectivity index (χ2v) is 12.7. The Kier molecular flexibility index (Phi) is 21.9. The molecule has 0 amide bonds. The second-order valence-electron chi connectivity index (χ2n) is 12.7. The molecule has 0 aliphatic heterocycles. The highest BCUT2D eigenvalue weighted by molar-refractivity contribution is 6.05. The number of para-hydroxylation sites is 3. The van der Waals surface area contributed by atoms with Gasteiger partial charge in [-0.25, -0.2) is 0 Å². The molecule has 0 spiro atoms. The lowest BCUT2D eigenvalue weighted by atomic mass is 10.0. The first-order chi connectivity index (χ1) is 28.0. The fourth-order valence-corrected chi connectivity index (χ4v) is 5.49. The van der Waals surface area contributed by atoms with Crippen LogP contribution in [0.5, 0.6) is 0 Å². The molecule has 0 aliphatic carbocycles. The first kappa shape index (κ1) is 45.3. The molecular formula is C51H58N4O2. The lowest BCUT2D eigenvalue weighted by Crippen LogP contribution is -2.15. The Morgan fingerprint density at radius 1 is 0.579 bits per heavy atom. The number of aliphatic imine (C=N–C) groups is 3. The molecule has 3 N–H and O–H groups in total. The second kappa shape index (κ2) is 27.5. The highest BCUT2D eigenvalue weighted by atomic mass is 16.3. The average Bonchev–Trinajstić information content (AvgIpc) is 3.28. The van der Waals surface area contributed by atoms with E-state index in [0.29, 0.717) is 31.4 Å². The van der Waals surface area contributed by atoms with E-state index in [1.807, 2.05) is 185 Å². The average molecular weight is 759 g/mol. The van der Waals surface area contributed by atoms with Gasteiger partial charge in [0.1, 0.15) is 0 Å². The van der Waals surface area contributed by atoms with Crippen molar-refractivity contribution in [1.82, 2.24) is 0 Å². The Morgan fingerprint density at radius 2 is 0.982 bits per heavy atom. The first-order valence-corrected chi connectivity index (χ1v) is 19.8. The van der Waals surface area contributed by atoms with Gasteiger partial charge in [0, 0.05) is 37.1 Å². The molecule has 1 atom stereocenters. The topological polar surface area (TPSA) is 101 Å². The molecule has 0 saturated heterocycles. The Balaban J connectivity index is 0.000000354. The molecule has 6 heteroatoms. The monoisotopic (exact) mass is 758 g/mol. The van der Waals surface area contributed by atoms with Crippen LogP contribution in [0, 0.1) is 12.3 Å². The Bertz CT molecular complexity index is 2040. The summed E-state index contributed by atoms with van der Waals surface area (Å²) in [6, 6.07) is 57.8. The largest absolute Gasteiger partial charge is 0.396 e. The molecule has 6 aromatic rings. The van der Waals surface area contributed by atoms with Crippen LogP contribution in [-0.4, -0.2) is 46.3 Å². The predicted molar refractivity (Wildman–Crippen MR) is 244 cm³/mol. The van der Waals surface area contributed by atoms with Crippen molar-refractivity contribution in [3.8, 4) is 0 Å². The molecule has 0 fully saturated rings. The van der Waals surface area contributed by atoms with Gasteiger partial charge in [0.15, 0.2) is 0 Å². The van der Waals surface area contributed by atoms with E-state index >= 15 is 0 Å². The van der Waals surface area contributed by atoms with Crippen molar-refractivity contribution in [3.05, 3.63) is 198 Å². The minimum Gasteiger partial charge on any atom is -0.396 e. The van der Waals surface area contributed by atoms with Crippen LogP contribution in [0.25, 0.3) is 0 Å². The van der Waals surface area contributed by atoms with E-state index in [-0.39, 0.29) is 6.61 Å². The van der Waals surface area contributed by atoms with Gasteiger partial charge >= 0.3 is 0 Å². The molecule has 0 aliphatic rings. The number of benzene rings is 6. The Morgan fingerprint density at radius 3 is 1.46 bits per heavy atom. The summed E-state index contributed by atoms with van der Waals surface area (Å²) in [7, 11) is 0. The number of nitrogens with zero attached hydrogens (tertiary/aromatic N) is 3. The zero-order chi connectivity index (χ0) is 40.9.